The highest BCUT2D eigenvalue weighted by Gasteiger charge is 2.17. The Labute approximate surface area is 135 Å². The Kier molecular flexibility index (Phi) is 7.38. The molecule has 0 heterocycles. The number of carbonyl (C=O) groups excluding carboxylic acids is 3. The van der Waals surface area contributed by atoms with Crippen LogP contribution in [0.3, 0.4) is 0 Å². The van der Waals surface area contributed by atoms with E-state index in [1.165, 1.54) is 24.3 Å². The zero-order valence-electron chi connectivity index (χ0n) is 13.7. The van der Waals surface area contributed by atoms with Crippen molar-refractivity contribution >= 4 is 17.6 Å². The van der Waals surface area contributed by atoms with Crippen LogP contribution in [0.1, 0.15) is 50.4 Å². The molecule has 0 aliphatic carbocycles. The summed E-state index contributed by atoms with van der Waals surface area (Å²) in [6, 6.07) is 4.57. The molecule has 1 aromatic carbocycles. The van der Waals surface area contributed by atoms with Gasteiger partial charge in [0.1, 0.15) is 11.9 Å². The Bertz CT molecular complexity index is 557. The summed E-state index contributed by atoms with van der Waals surface area (Å²) in [5.41, 5.74) is 0.363. The number of ketones is 1. The van der Waals surface area contributed by atoms with Crippen LogP contribution in [-0.4, -0.2) is 29.7 Å². The van der Waals surface area contributed by atoms with Gasteiger partial charge < -0.3 is 10.6 Å². The van der Waals surface area contributed by atoms with E-state index in [1.807, 2.05) is 13.8 Å². The first-order valence-electron chi connectivity index (χ1n) is 7.72. The summed E-state index contributed by atoms with van der Waals surface area (Å²) < 4.78 is 12.8. The lowest BCUT2D eigenvalue weighted by Gasteiger charge is -2.17. The standard InChI is InChI=1S/C17H23FN2O3/c1-4-11(2)19-17(23)12(3)20-16(22)10-9-15(21)13-5-7-14(18)8-6-13/h5-8,11-12H,4,9-10H2,1-3H3,(H,19,23)(H,20,22)/t11-,12-/m1/s1. The molecule has 126 valence electrons. The van der Waals surface area contributed by atoms with E-state index in [4.69, 9.17) is 0 Å². The summed E-state index contributed by atoms with van der Waals surface area (Å²) in [7, 11) is 0. The number of amides is 2. The lowest BCUT2D eigenvalue weighted by molar-refractivity contribution is -0.128. The monoisotopic (exact) mass is 322 g/mol. The van der Waals surface area contributed by atoms with Crippen LogP contribution in [0.5, 0.6) is 0 Å². The Morgan fingerprint density at radius 3 is 2.22 bits per heavy atom. The van der Waals surface area contributed by atoms with Crippen LogP contribution in [0.4, 0.5) is 4.39 Å². The predicted octanol–water partition coefficient (Wildman–Crippen LogP) is 2.21. The van der Waals surface area contributed by atoms with Crippen molar-refractivity contribution in [3.8, 4) is 0 Å². The molecule has 0 radical (unpaired) electrons. The molecule has 5 nitrogen and oxygen atoms in total. The molecule has 0 aliphatic heterocycles. The summed E-state index contributed by atoms with van der Waals surface area (Å²) in [6.07, 6.45) is 0.799. The van der Waals surface area contributed by atoms with Crippen molar-refractivity contribution in [2.75, 3.05) is 0 Å². The van der Waals surface area contributed by atoms with Crippen LogP contribution in [-0.2, 0) is 9.59 Å². The highest BCUT2D eigenvalue weighted by molar-refractivity contribution is 5.98. The number of rotatable bonds is 8. The quantitative estimate of drug-likeness (QED) is 0.721. The minimum absolute atomic E-state index is 0.0111. The minimum Gasteiger partial charge on any atom is -0.352 e. The fourth-order valence-electron chi connectivity index (χ4n) is 1.86. The summed E-state index contributed by atoms with van der Waals surface area (Å²) in [5, 5.41) is 5.34. The van der Waals surface area contributed by atoms with Crippen LogP contribution in [0.15, 0.2) is 24.3 Å². The number of Topliss-reactive ketones (excluding diaryl/α,β-unsaturated/α-hetero) is 1. The first-order chi connectivity index (χ1) is 10.8. The maximum atomic E-state index is 12.8. The third kappa shape index (κ3) is 6.59. The minimum atomic E-state index is -0.655. The molecule has 0 bridgehead atoms. The predicted molar refractivity (Wildman–Crippen MR) is 85.5 cm³/mol. The van der Waals surface area contributed by atoms with Gasteiger partial charge in [0, 0.05) is 24.4 Å². The Hall–Kier alpha value is -2.24. The van der Waals surface area contributed by atoms with Crippen molar-refractivity contribution in [2.45, 2.75) is 52.1 Å². The molecule has 23 heavy (non-hydrogen) atoms. The van der Waals surface area contributed by atoms with Gasteiger partial charge in [-0.25, -0.2) is 4.39 Å². The van der Waals surface area contributed by atoms with Crippen molar-refractivity contribution in [2.24, 2.45) is 0 Å². The highest BCUT2D eigenvalue weighted by Crippen LogP contribution is 2.07. The van der Waals surface area contributed by atoms with Gasteiger partial charge in [0.15, 0.2) is 5.78 Å². The number of hydrogen-bond acceptors (Lipinski definition) is 3. The summed E-state index contributed by atoms with van der Waals surface area (Å²) in [6.45, 7) is 5.43. The molecule has 2 amide bonds. The molecule has 0 saturated carbocycles. The fraction of sp³-hybridized carbons (Fsp3) is 0.471. The maximum absolute atomic E-state index is 12.8. The zero-order chi connectivity index (χ0) is 17.4. The molecular formula is C17H23FN2O3. The average molecular weight is 322 g/mol. The summed E-state index contributed by atoms with van der Waals surface area (Å²) >= 11 is 0. The third-order valence-corrected chi connectivity index (χ3v) is 3.52. The van der Waals surface area contributed by atoms with Gasteiger partial charge in [0.25, 0.3) is 0 Å². The van der Waals surface area contributed by atoms with Gasteiger partial charge >= 0.3 is 0 Å². The molecule has 0 aliphatic rings. The summed E-state index contributed by atoms with van der Waals surface area (Å²) in [5.74, 6) is -1.28. The number of carbonyl (C=O) groups is 3. The number of benzene rings is 1. The molecular weight excluding hydrogens is 299 g/mol. The second-order valence-corrected chi connectivity index (χ2v) is 5.54. The molecule has 0 unspecified atom stereocenters. The fourth-order valence-corrected chi connectivity index (χ4v) is 1.86. The first-order valence-corrected chi connectivity index (χ1v) is 7.72. The van der Waals surface area contributed by atoms with Gasteiger partial charge in [0.2, 0.25) is 11.8 Å². The van der Waals surface area contributed by atoms with Gasteiger partial charge in [-0.3, -0.25) is 14.4 Å². The van der Waals surface area contributed by atoms with Crippen LogP contribution in [0, 0.1) is 5.82 Å². The topological polar surface area (TPSA) is 75.3 Å². The van der Waals surface area contributed by atoms with Gasteiger partial charge in [-0.2, -0.15) is 0 Å². The van der Waals surface area contributed by atoms with E-state index in [0.717, 1.165) is 6.42 Å². The molecule has 1 rings (SSSR count). The maximum Gasteiger partial charge on any atom is 0.242 e. The van der Waals surface area contributed by atoms with E-state index in [0.29, 0.717) is 5.56 Å². The van der Waals surface area contributed by atoms with Crippen molar-refractivity contribution in [1.82, 2.24) is 10.6 Å². The molecule has 6 heteroatoms. The summed E-state index contributed by atoms with van der Waals surface area (Å²) in [4.78, 5) is 35.5. The van der Waals surface area contributed by atoms with E-state index >= 15 is 0 Å². The first kappa shape index (κ1) is 18.8. The van der Waals surface area contributed by atoms with Crippen molar-refractivity contribution in [1.29, 1.82) is 0 Å². The molecule has 0 aromatic heterocycles. The third-order valence-electron chi connectivity index (χ3n) is 3.52. The van der Waals surface area contributed by atoms with Crippen LogP contribution in [0.25, 0.3) is 0 Å². The smallest absolute Gasteiger partial charge is 0.242 e. The van der Waals surface area contributed by atoms with E-state index in [-0.39, 0.29) is 36.5 Å². The van der Waals surface area contributed by atoms with Crippen LogP contribution < -0.4 is 10.6 Å². The Morgan fingerprint density at radius 1 is 1.04 bits per heavy atom. The van der Waals surface area contributed by atoms with Crippen LogP contribution in [0.2, 0.25) is 0 Å². The van der Waals surface area contributed by atoms with E-state index in [9.17, 15) is 18.8 Å². The van der Waals surface area contributed by atoms with Gasteiger partial charge in [-0.15, -0.1) is 0 Å². The molecule has 0 saturated heterocycles. The lowest BCUT2D eigenvalue weighted by atomic mass is 10.1. The van der Waals surface area contributed by atoms with Crippen molar-refractivity contribution < 1.29 is 18.8 Å². The molecule has 0 fully saturated rings. The number of hydrogen-bond donors (Lipinski definition) is 2. The van der Waals surface area contributed by atoms with Gasteiger partial charge in [0.05, 0.1) is 0 Å². The van der Waals surface area contributed by atoms with Crippen molar-refractivity contribution in [3.05, 3.63) is 35.6 Å². The molecule has 2 N–H and O–H groups in total. The normalized spacial score (nSPS) is 13.0. The Balaban J connectivity index is 2.40. The lowest BCUT2D eigenvalue weighted by Crippen LogP contribution is -2.47. The molecule has 1 aromatic rings. The van der Waals surface area contributed by atoms with E-state index in [2.05, 4.69) is 10.6 Å². The van der Waals surface area contributed by atoms with Crippen molar-refractivity contribution in [3.63, 3.8) is 0 Å². The number of nitrogens with one attached hydrogen (secondary N) is 2. The highest BCUT2D eigenvalue weighted by atomic mass is 19.1. The molecule has 0 spiro atoms. The number of halogens is 1. The molecule has 2 atom stereocenters. The largest absolute Gasteiger partial charge is 0.352 e. The zero-order valence-corrected chi connectivity index (χ0v) is 13.7. The van der Waals surface area contributed by atoms with E-state index in [1.54, 1.807) is 6.92 Å². The Morgan fingerprint density at radius 2 is 1.65 bits per heavy atom. The second kappa shape index (κ2) is 9.02. The average Bonchev–Trinajstić information content (AvgIpc) is 2.52. The second-order valence-electron chi connectivity index (χ2n) is 5.54. The SMILES string of the molecule is CC[C@@H](C)NC(=O)[C@@H](C)NC(=O)CCC(=O)c1ccc(F)cc1. The van der Waals surface area contributed by atoms with E-state index < -0.39 is 11.9 Å². The van der Waals surface area contributed by atoms with Crippen LogP contribution >= 0.6 is 0 Å². The van der Waals surface area contributed by atoms with Gasteiger partial charge in [-0.1, -0.05) is 6.92 Å². The van der Waals surface area contributed by atoms with Gasteiger partial charge in [-0.05, 0) is 44.5 Å².